The first-order valence-corrected chi connectivity index (χ1v) is 7.30. The van der Waals surface area contributed by atoms with Gasteiger partial charge in [-0.25, -0.2) is 8.78 Å². The van der Waals surface area contributed by atoms with Crippen LogP contribution < -0.4 is 0 Å². The molecule has 1 fully saturated rings. The Morgan fingerprint density at radius 2 is 2.09 bits per heavy atom. The number of rotatable bonds is 5. The highest BCUT2D eigenvalue weighted by molar-refractivity contribution is 5.93. The molecule has 0 aliphatic heterocycles. The average Bonchev–Trinajstić information content (AvgIpc) is 3.20. The maximum atomic E-state index is 13.3. The molecular weight excluding hydrogens is 290 g/mol. The number of hydrogen-bond donors (Lipinski definition) is 0. The fourth-order valence-corrected chi connectivity index (χ4v) is 2.29. The molecule has 0 unspecified atom stereocenters. The van der Waals surface area contributed by atoms with Crippen molar-refractivity contribution in [3.8, 4) is 11.3 Å². The molecular formula is C16H16F2N2O2. The minimum Gasteiger partial charge on any atom is -0.355 e. The topological polar surface area (TPSA) is 46.3 Å². The van der Waals surface area contributed by atoms with E-state index < -0.39 is 11.6 Å². The van der Waals surface area contributed by atoms with E-state index in [1.165, 1.54) is 12.1 Å². The van der Waals surface area contributed by atoms with Crippen LogP contribution in [0.4, 0.5) is 8.78 Å². The predicted molar refractivity (Wildman–Crippen MR) is 76.2 cm³/mol. The van der Waals surface area contributed by atoms with E-state index in [9.17, 15) is 13.6 Å². The Hall–Kier alpha value is -2.24. The Labute approximate surface area is 126 Å². The van der Waals surface area contributed by atoms with Gasteiger partial charge in [-0.05, 0) is 43.9 Å². The summed E-state index contributed by atoms with van der Waals surface area (Å²) in [6, 6.07) is 4.88. The first-order chi connectivity index (χ1) is 10.6. The van der Waals surface area contributed by atoms with Crippen molar-refractivity contribution in [3.63, 3.8) is 0 Å². The Bertz CT molecular complexity index is 695. The van der Waals surface area contributed by atoms with Gasteiger partial charge in [-0.15, -0.1) is 0 Å². The number of carbonyl (C=O) groups is 1. The number of carbonyl (C=O) groups excluding carboxylic acids is 1. The van der Waals surface area contributed by atoms with E-state index in [1.54, 1.807) is 4.90 Å². The van der Waals surface area contributed by atoms with Crippen molar-refractivity contribution in [1.82, 2.24) is 10.1 Å². The molecule has 6 heteroatoms. The van der Waals surface area contributed by atoms with Gasteiger partial charge >= 0.3 is 0 Å². The van der Waals surface area contributed by atoms with Crippen LogP contribution in [0.3, 0.4) is 0 Å². The molecule has 4 nitrogen and oxygen atoms in total. The average molecular weight is 306 g/mol. The van der Waals surface area contributed by atoms with Crippen molar-refractivity contribution in [1.29, 1.82) is 0 Å². The summed E-state index contributed by atoms with van der Waals surface area (Å²) in [6.45, 7) is 3.24. The van der Waals surface area contributed by atoms with Gasteiger partial charge in [0.2, 0.25) is 0 Å². The van der Waals surface area contributed by atoms with Crippen molar-refractivity contribution in [2.45, 2.75) is 19.8 Å². The summed E-state index contributed by atoms with van der Waals surface area (Å²) in [7, 11) is 0. The van der Waals surface area contributed by atoms with Crippen LogP contribution in [0, 0.1) is 17.6 Å². The van der Waals surface area contributed by atoms with Crippen LogP contribution in [-0.4, -0.2) is 29.1 Å². The van der Waals surface area contributed by atoms with Gasteiger partial charge in [-0.1, -0.05) is 5.16 Å². The molecule has 116 valence electrons. The maximum absolute atomic E-state index is 13.3. The van der Waals surface area contributed by atoms with Gasteiger partial charge in [-0.3, -0.25) is 4.79 Å². The van der Waals surface area contributed by atoms with Crippen LogP contribution in [0.5, 0.6) is 0 Å². The van der Waals surface area contributed by atoms with Gasteiger partial charge in [0.15, 0.2) is 23.1 Å². The Balaban J connectivity index is 1.79. The summed E-state index contributed by atoms with van der Waals surface area (Å²) in [5.41, 5.74) is 0.526. The molecule has 0 saturated heterocycles. The first kappa shape index (κ1) is 14.7. The lowest BCUT2D eigenvalue weighted by atomic mass is 10.1. The summed E-state index contributed by atoms with van der Waals surface area (Å²) in [4.78, 5) is 14.1. The van der Waals surface area contributed by atoms with Crippen LogP contribution in [0.1, 0.15) is 30.3 Å². The Kier molecular flexibility index (Phi) is 3.92. The molecule has 1 aliphatic rings. The molecule has 1 aromatic heterocycles. The minimum atomic E-state index is -0.967. The Morgan fingerprint density at radius 1 is 1.32 bits per heavy atom. The molecule has 2 aromatic rings. The normalized spacial score (nSPS) is 14.1. The van der Waals surface area contributed by atoms with Gasteiger partial charge < -0.3 is 9.42 Å². The van der Waals surface area contributed by atoms with Crippen molar-refractivity contribution in [2.24, 2.45) is 5.92 Å². The summed E-state index contributed by atoms with van der Waals surface area (Å²) in [6.07, 6.45) is 2.31. The second kappa shape index (κ2) is 5.87. The largest absolute Gasteiger partial charge is 0.355 e. The molecule has 1 heterocycles. The molecule has 0 N–H and O–H groups in total. The molecule has 0 spiro atoms. The second-order valence-electron chi connectivity index (χ2n) is 5.49. The lowest BCUT2D eigenvalue weighted by Crippen LogP contribution is -2.32. The SMILES string of the molecule is CCN(CC1CC1)C(=O)c1cc(-c2ccc(F)c(F)c2)on1. The molecule has 1 aliphatic carbocycles. The lowest BCUT2D eigenvalue weighted by molar-refractivity contribution is 0.0746. The highest BCUT2D eigenvalue weighted by Crippen LogP contribution is 2.30. The van der Waals surface area contributed by atoms with Gasteiger partial charge in [0.25, 0.3) is 5.91 Å². The summed E-state index contributed by atoms with van der Waals surface area (Å²) < 4.78 is 31.3. The maximum Gasteiger partial charge on any atom is 0.276 e. The van der Waals surface area contributed by atoms with E-state index in [2.05, 4.69) is 5.16 Å². The zero-order valence-electron chi connectivity index (χ0n) is 12.2. The lowest BCUT2D eigenvalue weighted by Gasteiger charge is -2.18. The van der Waals surface area contributed by atoms with E-state index in [4.69, 9.17) is 4.52 Å². The van der Waals surface area contributed by atoms with Crippen LogP contribution in [-0.2, 0) is 0 Å². The van der Waals surface area contributed by atoms with Crippen molar-refractivity contribution < 1.29 is 18.1 Å². The fourth-order valence-electron chi connectivity index (χ4n) is 2.29. The first-order valence-electron chi connectivity index (χ1n) is 7.30. The van der Waals surface area contributed by atoms with E-state index in [0.717, 1.165) is 31.5 Å². The Morgan fingerprint density at radius 3 is 2.73 bits per heavy atom. The molecule has 3 rings (SSSR count). The van der Waals surface area contributed by atoms with Gasteiger partial charge in [0, 0.05) is 24.7 Å². The van der Waals surface area contributed by atoms with E-state index in [1.807, 2.05) is 6.92 Å². The molecule has 1 saturated carbocycles. The molecule has 1 aromatic carbocycles. The summed E-state index contributed by atoms with van der Waals surface area (Å²) in [5.74, 6) is -1.27. The minimum absolute atomic E-state index is 0.183. The standard InChI is InChI=1S/C16H16F2N2O2/c1-2-20(9-10-3-4-10)16(21)14-8-15(22-19-14)11-5-6-12(17)13(18)7-11/h5-8,10H,2-4,9H2,1H3. The van der Waals surface area contributed by atoms with E-state index >= 15 is 0 Å². The number of halogens is 2. The van der Waals surface area contributed by atoms with Crippen LogP contribution in [0.15, 0.2) is 28.8 Å². The highest BCUT2D eigenvalue weighted by Gasteiger charge is 2.27. The van der Waals surface area contributed by atoms with Gasteiger partial charge in [-0.2, -0.15) is 0 Å². The third-order valence-electron chi connectivity index (χ3n) is 3.78. The third-order valence-corrected chi connectivity index (χ3v) is 3.78. The van der Waals surface area contributed by atoms with E-state index in [0.29, 0.717) is 18.0 Å². The van der Waals surface area contributed by atoms with Crippen molar-refractivity contribution in [3.05, 3.63) is 41.6 Å². The number of hydrogen-bond acceptors (Lipinski definition) is 3. The summed E-state index contributed by atoms with van der Waals surface area (Å²) in [5, 5.41) is 3.76. The highest BCUT2D eigenvalue weighted by atomic mass is 19.2. The molecule has 0 bridgehead atoms. The summed E-state index contributed by atoms with van der Waals surface area (Å²) >= 11 is 0. The number of nitrogens with zero attached hydrogens (tertiary/aromatic N) is 2. The molecule has 22 heavy (non-hydrogen) atoms. The van der Waals surface area contributed by atoms with Crippen LogP contribution in [0.25, 0.3) is 11.3 Å². The second-order valence-corrected chi connectivity index (χ2v) is 5.49. The molecule has 0 radical (unpaired) electrons. The molecule has 0 atom stereocenters. The smallest absolute Gasteiger partial charge is 0.276 e. The van der Waals surface area contributed by atoms with Gasteiger partial charge in [0.1, 0.15) is 0 Å². The number of benzene rings is 1. The third kappa shape index (κ3) is 3.00. The van der Waals surface area contributed by atoms with Crippen LogP contribution >= 0.6 is 0 Å². The number of amides is 1. The quantitative estimate of drug-likeness (QED) is 0.849. The van der Waals surface area contributed by atoms with Crippen molar-refractivity contribution >= 4 is 5.91 Å². The van der Waals surface area contributed by atoms with Crippen molar-refractivity contribution in [2.75, 3.05) is 13.1 Å². The zero-order valence-corrected chi connectivity index (χ0v) is 12.2. The predicted octanol–water partition coefficient (Wildman–Crippen LogP) is 3.49. The monoisotopic (exact) mass is 306 g/mol. The fraction of sp³-hybridized carbons (Fsp3) is 0.375. The zero-order chi connectivity index (χ0) is 15.7. The van der Waals surface area contributed by atoms with E-state index in [-0.39, 0.29) is 17.4 Å². The van der Waals surface area contributed by atoms with Gasteiger partial charge in [0.05, 0.1) is 0 Å². The number of aromatic nitrogens is 1. The molecule has 1 amide bonds. The van der Waals surface area contributed by atoms with Crippen LogP contribution in [0.2, 0.25) is 0 Å².